The molecule has 1 aliphatic heterocycles. The van der Waals surface area contributed by atoms with Gasteiger partial charge in [-0.3, -0.25) is 9.69 Å². The van der Waals surface area contributed by atoms with Gasteiger partial charge in [0.15, 0.2) is 0 Å². The number of hydrogen-bond acceptors (Lipinski definition) is 3. The van der Waals surface area contributed by atoms with Gasteiger partial charge in [-0.25, -0.2) is 0 Å². The normalized spacial score (nSPS) is 19.0. The second-order valence-electron chi connectivity index (χ2n) is 6.94. The minimum absolute atomic E-state index is 0.00565. The maximum atomic E-state index is 12.2. The first-order valence-corrected chi connectivity index (χ1v) is 8.82. The molecule has 0 spiro atoms. The van der Waals surface area contributed by atoms with Gasteiger partial charge in [0.25, 0.3) is 5.91 Å². The summed E-state index contributed by atoms with van der Waals surface area (Å²) in [4.78, 5) is 14.7. The zero-order valence-electron chi connectivity index (χ0n) is 14.4. The number of carbonyl (C=O) groups is 1. The molecule has 128 valence electrons. The molecular formula is C19H30N2O2. The lowest BCUT2D eigenvalue weighted by molar-refractivity contribution is 0.0948. The summed E-state index contributed by atoms with van der Waals surface area (Å²) in [6, 6.07) is 8.39. The number of nitrogens with zero attached hydrogens (tertiary/aromatic N) is 1. The molecule has 0 radical (unpaired) electrons. The third-order valence-electron chi connectivity index (χ3n) is 4.46. The molecule has 1 saturated heterocycles. The molecule has 1 aromatic rings. The number of rotatable bonds is 7. The van der Waals surface area contributed by atoms with Crippen LogP contribution < -0.4 is 5.32 Å². The topological polar surface area (TPSA) is 52.6 Å². The summed E-state index contributed by atoms with van der Waals surface area (Å²) in [5.41, 5.74) is 1.91. The van der Waals surface area contributed by atoms with Crippen molar-refractivity contribution >= 4 is 5.91 Å². The Morgan fingerprint density at radius 2 is 2.22 bits per heavy atom. The van der Waals surface area contributed by atoms with Crippen LogP contribution in [0.15, 0.2) is 24.3 Å². The van der Waals surface area contributed by atoms with Crippen LogP contribution in [-0.2, 0) is 6.54 Å². The summed E-state index contributed by atoms with van der Waals surface area (Å²) in [5.74, 6) is 0.459. The average Bonchev–Trinajstić information content (AvgIpc) is 2.55. The van der Waals surface area contributed by atoms with Gasteiger partial charge in [-0.2, -0.15) is 0 Å². The molecule has 0 aromatic heterocycles. The Hall–Kier alpha value is -1.39. The minimum atomic E-state index is 0.00565. The summed E-state index contributed by atoms with van der Waals surface area (Å²) in [6.45, 7) is 7.07. The fourth-order valence-corrected chi connectivity index (χ4v) is 3.19. The number of amides is 1. The highest BCUT2D eigenvalue weighted by Gasteiger charge is 2.22. The molecule has 2 rings (SSSR count). The third-order valence-corrected chi connectivity index (χ3v) is 4.46. The van der Waals surface area contributed by atoms with E-state index in [0.29, 0.717) is 18.5 Å². The SMILES string of the molecule is CC(C)CNC(=O)c1cccc(CN2CCCCC2CCO)c1. The van der Waals surface area contributed by atoms with Crippen molar-refractivity contribution in [3.8, 4) is 0 Å². The van der Waals surface area contributed by atoms with Crippen molar-refractivity contribution in [1.82, 2.24) is 10.2 Å². The Balaban J connectivity index is 1.99. The first-order chi connectivity index (χ1) is 11.1. The van der Waals surface area contributed by atoms with E-state index in [1.54, 1.807) is 0 Å². The molecule has 1 fully saturated rings. The summed E-state index contributed by atoms with van der Waals surface area (Å²) in [6.07, 6.45) is 4.47. The zero-order chi connectivity index (χ0) is 16.7. The van der Waals surface area contributed by atoms with Gasteiger partial charge in [-0.15, -0.1) is 0 Å². The second kappa shape index (κ2) is 9.04. The number of carbonyl (C=O) groups excluding carboxylic acids is 1. The second-order valence-corrected chi connectivity index (χ2v) is 6.94. The van der Waals surface area contributed by atoms with E-state index < -0.39 is 0 Å². The van der Waals surface area contributed by atoms with Gasteiger partial charge < -0.3 is 10.4 Å². The van der Waals surface area contributed by atoms with E-state index in [2.05, 4.69) is 30.1 Å². The molecule has 0 saturated carbocycles. The van der Waals surface area contributed by atoms with E-state index in [-0.39, 0.29) is 12.5 Å². The van der Waals surface area contributed by atoms with E-state index in [4.69, 9.17) is 0 Å². The molecule has 0 aliphatic carbocycles. The standard InChI is InChI=1S/C19H30N2O2/c1-15(2)13-20-19(23)17-7-5-6-16(12-17)14-21-10-4-3-8-18(21)9-11-22/h5-7,12,15,18,22H,3-4,8-11,13-14H2,1-2H3,(H,20,23). The van der Waals surface area contributed by atoms with Gasteiger partial charge in [0.2, 0.25) is 0 Å². The molecule has 0 bridgehead atoms. The van der Waals surface area contributed by atoms with Crippen LogP contribution in [0.1, 0.15) is 55.5 Å². The Labute approximate surface area is 139 Å². The van der Waals surface area contributed by atoms with Crippen molar-refractivity contribution in [3.05, 3.63) is 35.4 Å². The average molecular weight is 318 g/mol. The summed E-state index contributed by atoms with van der Waals surface area (Å²) in [7, 11) is 0. The molecule has 1 heterocycles. The number of aliphatic hydroxyl groups excluding tert-OH is 1. The van der Waals surface area contributed by atoms with Crippen LogP contribution in [-0.4, -0.2) is 41.7 Å². The smallest absolute Gasteiger partial charge is 0.251 e. The number of likely N-dealkylation sites (tertiary alicyclic amines) is 1. The molecule has 4 nitrogen and oxygen atoms in total. The van der Waals surface area contributed by atoms with Crippen LogP contribution in [0.5, 0.6) is 0 Å². The van der Waals surface area contributed by atoms with E-state index >= 15 is 0 Å². The zero-order valence-corrected chi connectivity index (χ0v) is 14.4. The van der Waals surface area contributed by atoms with E-state index in [9.17, 15) is 9.90 Å². The predicted octanol–water partition coefficient (Wildman–Crippen LogP) is 2.81. The predicted molar refractivity (Wildman–Crippen MR) is 93.4 cm³/mol. The van der Waals surface area contributed by atoms with Crippen LogP contribution in [0.4, 0.5) is 0 Å². The lowest BCUT2D eigenvalue weighted by atomic mass is 9.98. The number of benzene rings is 1. The Morgan fingerprint density at radius 3 is 2.96 bits per heavy atom. The molecule has 4 heteroatoms. The molecule has 1 aliphatic rings. The number of piperidine rings is 1. The summed E-state index contributed by atoms with van der Waals surface area (Å²) in [5, 5.41) is 12.2. The quantitative estimate of drug-likeness (QED) is 0.813. The van der Waals surface area contributed by atoms with E-state index in [1.807, 2.05) is 18.2 Å². The van der Waals surface area contributed by atoms with Gasteiger partial charge in [-0.1, -0.05) is 32.4 Å². The number of nitrogens with one attached hydrogen (secondary N) is 1. The fraction of sp³-hybridized carbons (Fsp3) is 0.632. The molecule has 1 aromatic carbocycles. The van der Waals surface area contributed by atoms with Gasteiger partial charge in [0.1, 0.15) is 0 Å². The highest BCUT2D eigenvalue weighted by molar-refractivity contribution is 5.94. The van der Waals surface area contributed by atoms with Crippen molar-refractivity contribution in [2.45, 2.75) is 52.1 Å². The minimum Gasteiger partial charge on any atom is -0.396 e. The maximum absolute atomic E-state index is 12.2. The summed E-state index contributed by atoms with van der Waals surface area (Å²) < 4.78 is 0. The van der Waals surface area contributed by atoms with Crippen LogP contribution in [0.25, 0.3) is 0 Å². The largest absolute Gasteiger partial charge is 0.396 e. The van der Waals surface area contributed by atoms with Crippen molar-refractivity contribution in [2.24, 2.45) is 5.92 Å². The van der Waals surface area contributed by atoms with Crippen molar-refractivity contribution in [3.63, 3.8) is 0 Å². The fourth-order valence-electron chi connectivity index (χ4n) is 3.19. The molecule has 1 amide bonds. The molecule has 2 N–H and O–H groups in total. The number of aliphatic hydroxyl groups is 1. The highest BCUT2D eigenvalue weighted by atomic mass is 16.3. The lowest BCUT2D eigenvalue weighted by Crippen LogP contribution is -2.39. The summed E-state index contributed by atoms with van der Waals surface area (Å²) >= 11 is 0. The van der Waals surface area contributed by atoms with Crippen molar-refractivity contribution in [1.29, 1.82) is 0 Å². The molecule has 23 heavy (non-hydrogen) atoms. The van der Waals surface area contributed by atoms with Crippen molar-refractivity contribution < 1.29 is 9.90 Å². The number of hydrogen-bond donors (Lipinski definition) is 2. The molecular weight excluding hydrogens is 288 g/mol. The lowest BCUT2D eigenvalue weighted by Gasteiger charge is -2.35. The van der Waals surface area contributed by atoms with Gasteiger partial charge in [0.05, 0.1) is 0 Å². The van der Waals surface area contributed by atoms with Crippen LogP contribution in [0.2, 0.25) is 0 Å². The highest BCUT2D eigenvalue weighted by Crippen LogP contribution is 2.22. The van der Waals surface area contributed by atoms with E-state index in [0.717, 1.165) is 31.5 Å². The maximum Gasteiger partial charge on any atom is 0.251 e. The molecule has 1 atom stereocenters. The Morgan fingerprint density at radius 1 is 1.39 bits per heavy atom. The first-order valence-electron chi connectivity index (χ1n) is 8.82. The molecule has 1 unspecified atom stereocenters. The van der Waals surface area contributed by atoms with Gasteiger partial charge >= 0.3 is 0 Å². The Kier molecular flexibility index (Phi) is 7.06. The van der Waals surface area contributed by atoms with Crippen LogP contribution in [0, 0.1) is 5.92 Å². The van der Waals surface area contributed by atoms with Crippen LogP contribution >= 0.6 is 0 Å². The van der Waals surface area contributed by atoms with Gasteiger partial charge in [-0.05, 0) is 49.4 Å². The van der Waals surface area contributed by atoms with Crippen LogP contribution in [0.3, 0.4) is 0 Å². The van der Waals surface area contributed by atoms with Crippen molar-refractivity contribution in [2.75, 3.05) is 19.7 Å². The van der Waals surface area contributed by atoms with E-state index in [1.165, 1.54) is 18.4 Å². The Bertz CT molecular complexity index is 500. The first kappa shape index (κ1) is 18.0. The monoisotopic (exact) mass is 318 g/mol. The third kappa shape index (κ3) is 5.63. The van der Waals surface area contributed by atoms with Gasteiger partial charge in [0, 0.05) is 31.3 Å².